The van der Waals surface area contributed by atoms with Gasteiger partial charge < -0.3 is 5.32 Å². The predicted octanol–water partition coefficient (Wildman–Crippen LogP) is 1.75. The van der Waals surface area contributed by atoms with E-state index in [1.807, 2.05) is 0 Å². The monoisotopic (exact) mass is 393 g/mol. The van der Waals surface area contributed by atoms with E-state index in [9.17, 15) is 13.2 Å². The molecular weight excluding hydrogens is 362 g/mol. The topological polar surface area (TPSA) is 69.7 Å². The lowest BCUT2D eigenvalue weighted by Crippen LogP contribution is -2.54. The van der Waals surface area contributed by atoms with Crippen LogP contribution in [-0.4, -0.2) is 61.5 Å². The Kier molecular flexibility index (Phi) is 6.55. The van der Waals surface area contributed by atoms with Gasteiger partial charge in [-0.2, -0.15) is 4.31 Å². The summed E-state index contributed by atoms with van der Waals surface area (Å²) < 4.78 is 25.4. The van der Waals surface area contributed by atoms with Gasteiger partial charge in [0.2, 0.25) is 15.9 Å². The minimum atomic E-state index is -3.36. The first-order valence-corrected chi connectivity index (χ1v) is 11.8. The zero-order valence-electron chi connectivity index (χ0n) is 16.4. The molecule has 7 heteroatoms. The highest BCUT2D eigenvalue weighted by Crippen LogP contribution is 2.22. The lowest BCUT2D eigenvalue weighted by atomic mass is 9.98. The molecule has 27 heavy (non-hydrogen) atoms. The molecule has 0 spiro atoms. The third-order valence-corrected chi connectivity index (χ3v) is 7.13. The molecule has 150 valence electrons. The number of carbonyl (C=O) groups excluding carboxylic acids is 1. The Hall–Kier alpha value is -1.44. The Labute approximate surface area is 163 Å². The summed E-state index contributed by atoms with van der Waals surface area (Å²) in [6.45, 7) is 5.04. The second-order valence-electron chi connectivity index (χ2n) is 7.68. The van der Waals surface area contributed by atoms with Gasteiger partial charge in [0.05, 0.1) is 6.26 Å². The molecule has 1 fully saturated rings. The number of fused-ring (bicyclic) bond motifs is 1. The first-order chi connectivity index (χ1) is 12.9. The standard InChI is InChI=1S/C20H31N3O3S/c1-3-18(22-13-11-16-8-4-5-9-17(16)15-22)14-21-20(24)19-10-6-7-12-23(19)27(2,25)26/h4-5,8-9,18-19H,3,6-7,10-15H2,1-2H3,(H,21,24)/t18-,19+/m1/s1. The van der Waals surface area contributed by atoms with Crippen LogP contribution in [0.25, 0.3) is 0 Å². The van der Waals surface area contributed by atoms with Gasteiger partial charge in [-0.1, -0.05) is 37.6 Å². The SMILES string of the molecule is CC[C@H](CNC(=O)[C@@H]1CCCCN1S(C)(=O)=O)N1CCc2ccccc2C1. The Bertz CT molecular complexity index is 765. The number of sulfonamides is 1. The molecule has 0 aromatic heterocycles. The van der Waals surface area contributed by atoms with Gasteiger partial charge in [0.1, 0.15) is 6.04 Å². The van der Waals surface area contributed by atoms with E-state index in [1.54, 1.807) is 0 Å². The lowest BCUT2D eigenvalue weighted by Gasteiger charge is -2.36. The minimum Gasteiger partial charge on any atom is -0.353 e. The lowest BCUT2D eigenvalue weighted by molar-refractivity contribution is -0.126. The van der Waals surface area contributed by atoms with Gasteiger partial charge in [-0.05, 0) is 36.8 Å². The Morgan fingerprint density at radius 2 is 1.96 bits per heavy atom. The van der Waals surface area contributed by atoms with Crippen LogP contribution < -0.4 is 5.32 Å². The van der Waals surface area contributed by atoms with Crippen molar-refractivity contribution in [3.63, 3.8) is 0 Å². The number of piperidine rings is 1. The smallest absolute Gasteiger partial charge is 0.238 e. The molecular formula is C20H31N3O3S. The van der Waals surface area contributed by atoms with Gasteiger partial charge in [-0.15, -0.1) is 0 Å². The van der Waals surface area contributed by atoms with Crippen molar-refractivity contribution in [3.05, 3.63) is 35.4 Å². The van der Waals surface area contributed by atoms with Crippen LogP contribution in [-0.2, 0) is 27.8 Å². The predicted molar refractivity (Wildman–Crippen MR) is 107 cm³/mol. The van der Waals surface area contributed by atoms with Crippen LogP contribution in [0.15, 0.2) is 24.3 Å². The highest BCUT2D eigenvalue weighted by molar-refractivity contribution is 7.88. The molecule has 1 aromatic rings. The van der Waals surface area contributed by atoms with E-state index in [0.717, 1.165) is 38.8 Å². The normalized spacial score (nSPS) is 22.8. The van der Waals surface area contributed by atoms with Crippen molar-refractivity contribution >= 4 is 15.9 Å². The van der Waals surface area contributed by atoms with Crippen LogP contribution in [0, 0.1) is 0 Å². The number of carbonyl (C=O) groups is 1. The molecule has 0 unspecified atom stereocenters. The van der Waals surface area contributed by atoms with E-state index in [2.05, 4.69) is 41.4 Å². The van der Waals surface area contributed by atoms with Crippen molar-refractivity contribution < 1.29 is 13.2 Å². The van der Waals surface area contributed by atoms with Gasteiger partial charge in [-0.25, -0.2) is 8.42 Å². The number of rotatable bonds is 6. The van der Waals surface area contributed by atoms with E-state index < -0.39 is 16.1 Å². The van der Waals surface area contributed by atoms with Crippen LogP contribution in [0.1, 0.15) is 43.7 Å². The molecule has 1 aromatic carbocycles. The fourth-order valence-corrected chi connectivity index (χ4v) is 5.39. The number of nitrogens with one attached hydrogen (secondary N) is 1. The molecule has 1 amide bonds. The Balaban J connectivity index is 1.60. The molecule has 3 rings (SSSR count). The van der Waals surface area contributed by atoms with Crippen LogP contribution in [0.3, 0.4) is 0 Å². The molecule has 0 radical (unpaired) electrons. The first kappa shape index (κ1) is 20.3. The summed E-state index contributed by atoms with van der Waals surface area (Å²) in [4.78, 5) is 15.1. The van der Waals surface area contributed by atoms with Crippen molar-refractivity contribution in [3.8, 4) is 0 Å². The summed E-state index contributed by atoms with van der Waals surface area (Å²) in [6.07, 6.45) is 5.49. The molecule has 2 heterocycles. The van der Waals surface area contributed by atoms with E-state index in [4.69, 9.17) is 0 Å². The maximum absolute atomic E-state index is 12.7. The average Bonchev–Trinajstić information content (AvgIpc) is 2.67. The molecule has 0 aliphatic carbocycles. The van der Waals surface area contributed by atoms with E-state index in [1.165, 1.54) is 21.7 Å². The van der Waals surface area contributed by atoms with Crippen molar-refractivity contribution in [2.75, 3.05) is 25.9 Å². The van der Waals surface area contributed by atoms with Crippen LogP contribution in [0.4, 0.5) is 0 Å². The summed E-state index contributed by atoms with van der Waals surface area (Å²) in [5.74, 6) is -0.156. The molecule has 2 aliphatic rings. The molecule has 1 N–H and O–H groups in total. The quantitative estimate of drug-likeness (QED) is 0.799. The van der Waals surface area contributed by atoms with E-state index in [-0.39, 0.29) is 11.9 Å². The molecule has 1 saturated heterocycles. The zero-order valence-corrected chi connectivity index (χ0v) is 17.2. The summed E-state index contributed by atoms with van der Waals surface area (Å²) in [6, 6.07) is 8.24. The van der Waals surface area contributed by atoms with Crippen LogP contribution >= 0.6 is 0 Å². The first-order valence-electron chi connectivity index (χ1n) is 9.95. The number of hydrogen-bond acceptors (Lipinski definition) is 4. The van der Waals surface area contributed by atoms with Crippen molar-refractivity contribution in [2.45, 2.75) is 57.7 Å². The second-order valence-corrected chi connectivity index (χ2v) is 9.62. The van der Waals surface area contributed by atoms with Gasteiger partial charge in [0, 0.05) is 32.2 Å². The fraction of sp³-hybridized carbons (Fsp3) is 0.650. The maximum atomic E-state index is 12.7. The van der Waals surface area contributed by atoms with Crippen molar-refractivity contribution in [2.24, 2.45) is 0 Å². The summed E-state index contributed by atoms with van der Waals surface area (Å²) in [5.41, 5.74) is 2.78. The average molecular weight is 394 g/mol. The van der Waals surface area contributed by atoms with Gasteiger partial charge in [0.25, 0.3) is 0 Å². The van der Waals surface area contributed by atoms with Crippen molar-refractivity contribution in [1.82, 2.24) is 14.5 Å². The highest BCUT2D eigenvalue weighted by atomic mass is 32.2. The van der Waals surface area contributed by atoms with Gasteiger partial charge in [-0.3, -0.25) is 9.69 Å². The number of nitrogens with zero attached hydrogens (tertiary/aromatic N) is 2. The highest BCUT2D eigenvalue weighted by Gasteiger charge is 2.34. The molecule has 2 atom stereocenters. The third kappa shape index (κ3) is 4.89. The second kappa shape index (κ2) is 8.71. The van der Waals surface area contributed by atoms with Gasteiger partial charge >= 0.3 is 0 Å². The fourth-order valence-electron chi connectivity index (χ4n) is 4.26. The van der Waals surface area contributed by atoms with Gasteiger partial charge in [0.15, 0.2) is 0 Å². The minimum absolute atomic E-state index is 0.156. The van der Waals surface area contributed by atoms with E-state index >= 15 is 0 Å². The Morgan fingerprint density at radius 3 is 2.67 bits per heavy atom. The summed E-state index contributed by atoms with van der Waals surface area (Å²) in [5, 5.41) is 3.04. The molecule has 0 bridgehead atoms. The molecule has 6 nitrogen and oxygen atoms in total. The van der Waals surface area contributed by atoms with Crippen LogP contribution in [0.2, 0.25) is 0 Å². The number of amides is 1. The molecule has 0 saturated carbocycles. The van der Waals surface area contributed by atoms with E-state index in [0.29, 0.717) is 19.5 Å². The van der Waals surface area contributed by atoms with Crippen molar-refractivity contribution in [1.29, 1.82) is 0 Å². The van der Waals surface area contributed by atoms with Crippen LogP contribution in [0.5, 0.6) is 0 Å². The maximum Gasteiger partial charge on any atom is 0.238 e. The third-order valence-electron chi connectivity index (χ3n) is 5.84. The molecule has 2 aliphatic heterocycles. The number of hydrogen-bond donors (Lipinski definition) is 1. The summed E-state index contributed by atoms with van der Waals surface area (Å²) in [7, 11) is -3.36. The summed E-state index contributed by atoms with van der Waals surface area (Å²) >= 11 is 0. The Morgan fingerprint density at radius 1 is 1.22 bits per heavy atom. The number of benzene rings is 1. The zero-order chi connectivity index (χ0) is 19.4. The largest absolute Gasteiger partial charge is 0.353 e.